The number of piperidine rings is 1. The fourth-order valence-corrected chi connectivity index (χ4v) is 4.37. The van der Waals surface area contributed by atoms with E-state index in [1.54, 1.807) is 0 Å². The summed E-state index contributed by atoms with van der Waals surface area (Å²) in [5, 5.41) is 3.23. The maximum absolute atomic E-state index is 12.7. The molecule has 1 amide bonds. The third-order valence-electron chi connectivity index (χ3n) is 6.18. The number of likely N-dealkylation sites (tertiary alicyclic amines) is 1. The summed E-state index contributed by atoms with van der Waals surface area (Å²) in [5.41, 5.74) is 5.07. The Morgan fingerprint density at radius 2 is 1.90 bits per heavy atom. The number of amides is 1. The molecule has 2 aromatic heterocycles. The molecular formula is C26H32N4O. The smallest absolute Gasteiger partial charge is 0.247 e. The minimum atomic E-state index is 0.0195. The number of pyridine rings is 1. The first-order valence-corrected chi connectivity index (χ1v) is 11.3. The van der Waals surface area contributed by atoms with Crippen LogP contribution in [0.15, 0.2) is 60.3 Å². The number of hydrogen-bond donors (Lipinski definition) is 1. The average molecular weight is 417 g/mol. The summed E-state index contributed by atoms with van der Waals surface area (Å²) in [7, 11) is 0. The van der Waals surface area contributed by atoms with Gasteiger partial charge in [0, 0.05) is 30.4 Å². The van der Waals surface area contributed by atoms with Crippen molar-refractivity contribution in [1.82, 2.24) is 19.6 Å². The maximum atomic E-state index is 12.7. The van der Waals surface area contributed by atoms with Gasteiger partial charge in [0.05, 0.1) is 11.9 Å². The molecule has 0 saturated carbocycles. The number of fused-ring (bicyclic) bond motifs is 1. The van der Waals surface area contributed by atoms with E-state index in [1.807, 2.05) is 31.3 Å². The zero-order valence-corrected chi connectivity index (χ0v) is 18.6. The third-order valence-corrected chi connectivity index (χ3v) is 6.18. The van der Waals surface area contributed by atoms with Crippen molar-refractivity contribution in [3.05, 3.63) is 77.3 Å². The van der Waals surface area contributed by atoms with E-state index in [0.29, 0.717) is 0 Å². The summed E-state index contributed by atoms with van der Waals surface area (Å²) >= 11 is 0. The van der Waals surface area contributed by atoms with Gasteiger partial charge < -0.3 is 10.2 Å². The minimum Gasteiger partial charge on any atom is -0.349 e. The molecule has 1 N–H and O–H groups in total. The first-order valence-electron chi connectivity index (χ1n) is 11.3. The Labute approximate surface area is 184 Å². The number of carbonyl (C=O) groups excluding carboxylic acids is 1. The van der Waals surface area contributed by atoms with Crippen molar-refractivity contribution in [2.75, 3.05) is 19.6 Å². The molecule has 0 spiro atoms. The monoisotopic (exact) mass is 416 g/mol. The Balaban J connectivity index is 1.25. The Morgan fingerprint density at radius 1 is 1.13 bits per heavy atom. The molecule has 0 aliphatic carbocycles. The fraction of sp³-hybridized carbons (Fsp3) is 0.385. The van der Waals surface area contributed by atoms with Crippen LogP contribution in [0.3, 0.4) is 0 Å². The Bertz CT molecular complexity index is 1050. The lowest BCUT2D eigenvalue weighted by atomic mass is 10.0. The first kappa shape index (κ1) is 21.3. The molecule has 0 radical (unpaired) electrons. The molecule has 1 aromatic carbocycles. The lowest BCUT2D eigenvalue weighted by Crippen LogP contribution is -2.45. The molecule has 0 atom stereocenters. The summed E-state index contributed by atoms with van der Waals surface area (Å²) in [6.07, 6.45) is 8.10. The van der Waals surface area contributed by atoms with Crippen molar-refractivity contribution in [2.45, 2.75) is 45.6 Å². The van der Waals surface area contributed by atoms with E-state index < -0.39 is 0 Å². The molecule has 1 aliphatic heterocycles. The van der Waals surface area contributed by atoms with Gasteiger partial charge in [0.2, 0.25) is 5.91 Å². The molecule has 0 unspecified atom stereocenters. The van der Waals surface area contributed by atoms with Gasteiger partial charge in [-0.15, -0.1) is 0 Å². The summed E-state index contributed by atoms with van der Waals surface area (Å²) in [6.45, 7) is 7.16. The van der Waals surface area contributed by atoms with Crippen molar-refractivity contribution in [2.24, 2.45) is 0 Å². The summed E-state index contributed by atoms with van der Waals surface area (Å²) in [6, 6.07) is 17.0. The number of rotatable bonds is 7. The molecular weight excluding hydrogens is 384 g/mol. The normalized spacial score (nSPS) is 16.0. The quantitative estimate of drug-likeness (QED) is 0.586. The van der Waals surface area contributed by atoms with Gasteiger partial charge in [0.25, 0.3) is 0 Å². The molecule has 1 fully saturated rings. The molecule has 0 bridgehead atoms. The van der Waals surface area contributed by atoms with Gasteiger partial charge >= 0.3 is 0 Å². The highest BCUT2D eigenvalue weighted by atomic mass is 16.1. The molecule has 4 rings (SSSR count). The predicted molar refractivity (Wildman–Crippen MR) is 126 cm³/mol. The van der Waals surface area contributed by atoms with Crippen LogP contribution in [-0.4, -0.2) is 45.9 Å². The summed E-state index contributed by atoms with van der Waals surface area (Å²) < 4.78 is 2.07. The van der Waals surface area contributed by atoms with Crippen molar-refractivity contribution in [3.8, 4) is 0 Å². The van der Waals surface area contributed by atoms with Gasteiger partial charge in [-0.05, 0) is 69.8 Å². The second-order valence-corrected chi connectivity index (χ2v) is 8.55. The number of hydrogen-bond acceptors (Lipinski definition) is 3. The van der Waals surface area contributed by atoms with E-state index in [2.05, 4.69) is 62.9 Å². The summed E-state index contributed by atoms with van der Waals surface area (Å²) in [5.74, 6) is 0.0195. The largest absolute Gasteiger partial charge is 0.349 e. The SMILES string of the molecule is C/C(=C\c1cnc2cccc(C)n12)C(=O)NC1CCN(CCCc2ccccc2)CC1. The van der Waals surface area contributed by atoms with Crippen LogP contribution in [0.1, 0.15) is 43.1 Å². The van der Waals surface area contributed by atoms with E-state index >= 15 is 0 Å². The predicted octanol–water partition coefficient (Wildman–Crippen LogP) is 4.26. The highest BCUT2D eigenvalue weighted by molar-refractivity contribution is 5.97. The molecule has 31 heavy (non-hydrogen) atoms. The zero-order chi connectivity index (χ0) is 21.6. The third kappa shape index (κ3) is 5.42. The Kier molecular flexibility index (Phi) is 6.82. The van der Waals surface area contributed by atoms with Crippen LogP contribution in [0.5, 0.6) is 0 Å². The van der Waals surface area contributed by atoms with Crippen LogP contribution < -0.4 is 5.32 Å². The average Bonchev–Trinajstić information content (AvgIpc) is 3.20. The number of nitrogens with zero attached hydrogens (tertiary/aromatic N) is 3. The second kappa shape index (κ2) is 9.92. The molecule has 3 heterocycles. The number of aryl methyl sites for hydroxylation is 2. The van der Waals surface area contributed by atoms with Crippen molar-refractivity contribution in [1.29, 1.82) is 0 Å². The van der Waals surface area contributed by atoms with E-state index in [4.69, 9.17) is 0 Å². The van der Waals surface area contributed by atoms with Gasteiger partial charge in [0.1, 0.15) is 5.65 Å². The van der Waals surface area contributed by atoms with Crippen LogP contribution >= 0.6 is 0 Å². The van der Waals surface area contributed by atoms with Crippen molar-refractivity contribution < 1.29 is 4.79 Å². The lowest BCUT2D eigenvalue weighted by Gasteiger charge is -2.32. The van der Waals surface area contributed by atoms with Crippen molar-refractivity contribution in [3.63, 3.8) is 0 Å². The number of nitrogens with one attached hydrogen (secondary N) is 1. The van der Waals surface area contributed by atoms with Gasteiger partial charge in [-0.25, -0.2) is 4.98 Å². The van der Waals surface area contributed by atoms with Crippen LogP contribution in [0.2, 0.25) is 0 Å². The number of benzene rings is 1. The molecule has 1 aliphatic rings. The van der Waals surface area contributed by atoms with Crippen LogP contribution in [0.4, 0.5) is 0 Å². The van der Waals surface area contributed by atoms with Gasteiger partial charge in [0.15, 0.2) is 0 Å². The molecule has 1 saturated heterocycles. The van der Waals surface area contributed by atoms with E-state index in [1.165, 1.54) is 12.0 Å². The van der Waals surface area contributed by atoms with Crippen LogP contribution in [0.25, 0.3) is 11.7 Å². The number of imidazole rings is 1. The minimum absolute atomic E-state index is 0.0195. The van der Waals surface area contributed by atoms with Crippen LogP contribution in [0, 0.1) is 6.92 Å². The van der Waals surface area contributed by atoms with Crippen LogP contribution in [-0.2, 0) is 11.2 Å². The topological polar surface area (TPSA) is 49.6 Å². The van der Waals surface area contributed by atoms with E-state index in [9.17, 15) is 4.79 Å². The van der Waals surface area contributed by atoms with Gasteiger partial charge in [-0.1, -0.05) is 36.4 Å². The molecule has 5 nitrogen and oxygen atoms in total. The molecule has 5 heteroatoms. The number of aromatic nitrogens is 2. The summed E-state index contributed by atoms with van der Waals surface area (Å²) in [4.78, 5) is 19.7. The Morgan fingerprint density at radius 3 is 2.68 bits per heavy atom. The van der Waals surface area contributed by atoms with Gasteiger partial charge in [-0.3, -0.25) is 9.20 Å². The Hall–Kier alpha value is -2.92. The highest BCUT2D eigenvalue weighted by Gasteiger charge is 2.21. The van der Waals surface area contributed by atoms with E-state index in [0.717, 1.165) is 61.5 Å². The fourth-order valence-electron chi connectivity index (χ4n) is 4.37. The van der Waals surface area contributed by atoms with E-state index in [-0.39, 0.29) is 11.9 Å². The lowest BCUT2D eigenvalue weighted by molar-refractivity contribution is -0.118. The van der Waals surface area contributed by atoms with Crippen molar-refractivity contribution >= 4 is 17.6 Å². The second-order valence-electron chi connectivity index (χ2n) is 8.55. The first-order chi connectivity index (χ1) is 15.1. The molecule has 3 aromatic rings. The standard InChI is InChI=1S/C26H32N4O/c1-20(18-24-19-27-25-12-6-8-21(2)30(24)25)26(31)28-23-13-16-29(17-14-23)15-7-11-22-9-4-3-5-10-22/h3-6,8-10,12,18-19,23H,7,11,13-17H2,1-2H3,(H,28,31)/b20-18+. The number of carbonyl (C=O) groups is 1. The zero-order valence-electron chi connectivity index (χ0n) is 18.6. The van der Waals surface area contributed by atoms with Gasteiger partial charge in [-0.2, -0.15) is 0 Å². The molecule has 162 valence electrons. The maximum Gasteiger partial charge on any atom is 0.247 e. The highest BCUT2D eigenvalue weighted by Crippen LogP contribution is 2.15.